The van der Waals surface area contributed by atoms with Gasteiger partial charge in [-0.3, -0.25) is 0 Å². The second-order valence-corrected chi connectivity index (χ2v) is 4.36. The molecule has 1 rings (SSSR count). The molecule has 5 heteroatoms. The van der Waals surface area contributed by atoms with Gasteiger partial charge in [-0.2, -0.15) is 0 Å². The van der Waals surface area contributed by atoms with Gasteiger partial charge in [0.2, 0.25) is 0 Å². The highest BCUT2D eigenvalue weighted by molar-refractivity contribution is 6.07. The first-order valence-electron chi connectivity index (χ1n) is 6.11. The van der Waals surface area contributed by atoms with Crippen LogP contribution in [-0.2, 0) is 9.47 Å². The Morgan fingerprint density at radius 2 is 1.89 bits per heavy atom. The Hall–Kier alpha value is -2.04. The maximum atomic E-state index is 12.0. The van der Waals surface area contributed by atoms with Crippen molar-refractivity contribution < 1.29 is 19.1 Å². The van der Waals surface area contributed by atoms with E-state index in [1.807, 2.05) is 13.8 Å². The number of rotatable bonds is 4. The standard InChI is InChI=1S/C14H19NO4/c1-5-19-14(17)11-10(13(16)18-4)7-6-9(8(2)3)12(11)15/h6-8H,5,15H2,1-4H3. The Labute approximate surface area is 112 Å². The van der Waals surface area contributed by atoms with Gasteiger partial charge in [0.15, 0.2) is 0 Å². The zero-order valence-electron chi connectivity index (χ0n) is 11.6. The van der Waals surface area contributed by atoms with Crippen LogP contribution < -0.4 is 5.73 Å². The molecule has 1 aromatic rings. The maximum absolute atomic E-state index is 12.0. The second kappa shape index (κ2) is 6.22. The number of ether oxygens (including phenoxy) is 2. The predicted octanol–water partition coefficient (Wildman–Crippen LogP) is 2.36. The van der Waals surface area contributed by atoms with Gasteiger partial charge in [0, 0.05) is 0 Å². The molecular formula is C14H19NO4. The van der Waals surface area contributed by atoms with Gasteiger partial charge in [-0.05, 0) is 24.5 Å². The van der Waals surface area contributed by atoms with E-state index in [9.17, 15) is 9.59 Å². The molecule has 2 N–H and O–H groups in total. The van der Waals surface area contributed by atoms with Gasteiger partial charge in [-0.15, -0.1) is 0 Å². The summed E-state index contributed by atoms with van der Waals surface area (Å²) in [5.74, 6) is -1.08. The second-order valence-electron chi connectivity index (χ2n) is 4.36. The number of benzene rings is 1. The highest BCUT2D eigenvalue weighted by Crippen LogP contribution is 2.29. The fraction of sp³-hybridized carbons (Fsp3) is 0.429. The number of carbonyl (C=O) groups is 2. The predicted molar refractivity (Wildman–Crippen MR) is 72.2 cm³/mol. The van der Waals surface area contributed by atoms with Gasteiger partial charge in [0.1, 0.15) is 0 Å². The number of methoxy groups -OCH3 is 1. The van der Waals surface area contributed by atoms with E-state index in [1.165, 1.54) is 7.11 Å². The van der Waals surface area contributed by atoms with Crippen molar-refractivity contribution in [3.05, 3.63) is 28.8 Å². The van der Waals surface area contributed by atoms with E-state index < -0.39 is 11.9 Å². The van der Waals surface area contributed by atoms with Crippen LogP contribution >= 0.6 is 0 Å². The van der Waals surface area contributed by atoms with Crippen LogP contribution in [0.1, 0.15) is 53.0 Å². The molecule has 19 heavy (non-hydrogen) atoms. The van der Waals surface area contributed by atoms with Crippen LogP contribution in [0.5, 0.6) is 0 Å². The fourth-order valence-electron chi connectivity index (χ4n) is 1.84. The Bertz CT molecular complexity index is 494. The lowest BCUT2D eigenvalue weighted by molar-refractivity contribution is 0.0505. The summed E-state index contributed by atoms with van der Waals surface area (Å²) in [7, 11) is 1.25. The molecule has 0 saturated heterocycles. The third-order valence-electron chi connectivity index (χ3n) is 2.79. The minimum atomic E-state index is -0.608. The van der Waals surface area contributed by atoms with E-state index >= 15 is 0 Å². The molecule has 0 aliphatic rings. The molecule has 5 nitrogen and oxygen atoms in total. The lowest BCUT2D eigenvalue weighted by Crippen LogP contribution is -2.17. The summed E-state index contributed by atoms with van der Waals surface area (Å²) in [5, 5.41) is 0. The largest absolute Gasteiger partial charge is 0.465 e. The van der Waals surface area contributed by atoms with Crippen LogP contribution in [0, 0.1) is 0 Å². The van der Waals surface area contributed by atoms with Crippen molar-refractivity contribution in [2.75, 3.05) is 19.5 Å². The quantitative estimate of drug-likeness (QED) is 0.667. The molecule has 0 aliphatic heterocycles. The van der Waals surface area contributed by atoms with Crippen LogP contribution in [0.3, 0.4) is 0 Å². The zero-order valence-corrected chi connectivity index (χ0v) is 11.6. The molecule has 0 aliphatic carbocycles. The molecule has 0 fully saturated rings. The summed E-state index contributed by atoms with van der Waals surface area (Å²) in [4.78, 5) is 23.7. The fourth-order valence-corrected chi connectivity index (χ4v) is 1.84. The molecule has 0 heterocycles. The third-order valence-corrected chi connectivity index (χ3v) is 2.79. The number of hydrogen-bond donors (Lipinski definition) is 1. The lowest BCUT2D eigenvalue weighted by atomic mass is 9.94. The van der Waals surface area contributed by atoms with Crippen LogP contribution in [0.25, 0.3) is 0 Å². The van der Waals surface area contributed by atoms with Crippen molar-refractivity contribution in [2.24, 2.45) is 0 Å². The summed E-state index contributed by atoms with van der Waals surface area (Å²) in [5.41, 5.74) is 7.29. The van der Waals surface area contributed by atoms with E-state index in [-0.39, 0.29) is 29.3 Å². The van der Waals surface area contributed by atoms with Gasteiger partial charge in [0.05, 0.1) is 30.5 Å². The Morgan fingerprint density at radius 3 is 2.37 bits per heavy atom. The normalized spacial score (nSPS) is 10.4. The van der Waals surface area contributed by atoms with Crippen LogP contribution in [-0.4, -0.2) is 25.7 Å². The molecule has 0 aromatic heterocycles. The number of hydrogen-bond acceptors (Lipinski definition) is 5. The van der Waals surface area contributed by atoms with Gasteiger partial charge in [-0.25, -0.2) is 9.59 Å². The van der Waals surface area contributed by atoms with Crippen molar-refractivity contribution in [1.82, 2.24) is 0 Å². The van der Waals surface area contributed by atoms with Crippen LogP contribution in [0.15, 0.2) is 12.1 Å². The maximum Gasteiger partial charge on any atom is 0.341 e. The molecule has 104 valence electrons. The molecule has 0 bridgehead atoms. The number of anilines is 1. The number of nitrogen functional groups attached to an aromatic ring is 1. The highest BCUT2D eigenvalue weighted by Gasteiger charge is 2.24. The summed E-state index contributed by atoms with van der Waals surface area (Å²) in [6, 6.07) is 3.28. The summed E-state index contributed by atoms with van der Waals surface area (Å²) < 4.78 is 9.61. The zero-order chi connectivity index (χ0) is 14.6. The summed E-state index contributed by atoms with van der Waals surface area (Å²) in [6.45, 7) is 5.82. The van der Waals surface area contributed by atoms with E-state index in [0.29, 0.717) is 0 Å². The third kappa shape index (κ3) is 3.05. The average Bonchev–Trinajstić information content (AvgIpc) is 2.36. The molecule has 0 atom stereocenters. The van der Waals surface area contributed by atoms with Crippen molar-refractivity contribution in [3.63, 3.8) is 0 Å². The molecule has 0 radical (unpaired) electrons. The van der Waals surface area contributed by atoms with Crippen molar-refractivity contribution in [1.29, 1.82) is 0 Å². The van der Waals surface area contributed by atoms with Crippen molar-refractivity contribution in [3.8, 4) is 0 Å². The van der Waals surface area contributed by atoms with Gasteiger partial charge in [0.25, 0.3) is 0 Å². The van der Waals surface area contributed by atoms with Crippen molar-refractivity contribution in [2.45, 2.75) is 26.7 Å². The molecule has 0 spiro atoms. The Balaban J connectivity index is 3.45. The average molecular weight is 265 g/mol. The monoisotopic (exact) mass is 265 g/mol. The first kappa shape index (κ1) is 15.0. The molecule has 1 aromatic carbocycles. The SMILES string of the molecule is CCOC(=O)c1c(C(=O)OC)ccc(C(C)C)c1N. The minimum Gasteiger partial charge on any atom is -0.465 e. The van der Waals surface area contributed by atoms with Gasteiger partial charge >= 0.3 is 11.9 Å². The van der Waals surface area contributed by atoms with E-state index in [4.69, 9.17) is 10.5 Å². The number of nitrogens with two attached hydrogens (primary N) is 1. The molecule has 0 saturated carbocycles. The Kier molecular flexibility index (Phi) is 4.92. The lowest BCUT2D eigenvalue weighted by Gasteiger charge is -2.15. The molecule has 0 amide bonds. The summed E-state index contributed by atoms with van der Waals surface area (Å²) in [6.07, 6.45) is 0. The minimum absolute atomic E-state index is 0.0832. The first-order chi connectivity index (χ1) is 8.93. The van der Waals surface area contributed by atoms with Gasteiger partial charge < -0.3 is 15.2 Å². The topological polar surface area (TPSA) is 78.6 Å². The van der Waals surface area contributed by atoms with E-state index in [1.54, 1.807) is 19.1 Å². The van der Waals surface area contributed by atoms with Gasteiger partial charge in [-0.1, -0.05) is 19.9 Å². The smallest absolute Gasteiger partial charge is 0.341 e. The van der Waals surface area contributed by atoms with E-state index in [2.05, 4.69) is 4.74 Å². The highest BCUT2D eigenvalue weighted by atomic mass is 16.5. The van der Waals surface area contributed by atoms with Crippen molar-refractivity contribution >= 4 is 17.6 Å². The number of carbonyl (C=O) groups excluding carboxylic acids is 2. The van der Waals surface area contributed by atoms with Crippen LogP contribution in [0.2, 0.25) is 0 Å². The number of esters is 2. The first-order valence-corrected chi connectivity index (χ1v) is 6.11. The Morgan fingerprint density at radius 1 is 1.26 bits per heavy atom. The molecule has 0 unspecified atom stereocenters. The van der Waals surface area contributed by atoms with E-state index in [0.717, 1.165) is 5.56 Å². The summed E-state index contributed by atoms with van der Waals surface area (Å²) >= 11 is 0. The van der Waals surface area contributed by atoms with Crippen LogP contribution in [0.4, 0.5) is 5.69 Å². The molecular weight excluding hydrogens is 246 g/mol.